The summed E-state index contributed by atoms with van der Waals surface area (Å²) in [5.41, 5.74) is 6.93. The van der Waals surface area contributed by atoms with E-state index in [4.69, 9.17) is 19.5 Å². The van der Waals surface area contributed by atoms with Crippen LogP contribution in [0.1, 0.15) is 11.1 Å². The second-order valence-electron chi connectivity index (χ2n) is 5.94. The number of nitrogens with zero attached hydrogens (tertiary/aromatic N) is 6. The van der Waals surface area contributed by atoms with Crippen molar-refractivity contribution >= 4 is 24.3 Å². The maximum Gasteiger partial charge on any atom is 0.324 e. The molecule has 0 aliphatic carbocycles. The van der Waals surface area contributed by atoms with Crippen LogP contribution in [0.25, 0.3) is 0 Å². The molecule has 3 rings (SSSR count). The standard InChI is InChI=1S/C21H20N8O3/c1-30-17-9-5-3-7-15(17)13-23-28-19-25-20(27-21(26-19)32-12-11-22)29-24-14-16-8-4-6-10-18(16)31-2/h3-10,13-14H,12H2,1-2H3,(H2,25,26,27,28,29). The molecule has 0 atom stereocenters. The van der Waals surface area contributed by atoms with Crippen LogP contribution in [0, 0.1) is 11.3 Å². The fraction of sp³-hybridized carbons (Fsp3) is 0.143. The molecule has 0 fully saturated rings. The first-order valence-electron chi connectivity index (χ1n) is 9.33. The summed E-state index contributed by atoms with van der Waals surface area (Å²) in [6, 6.07) is 16.6. The van der Waals surface area contributed by atoms with Crippen LogP contribution < -0.4 is 25.1 Å². The van der Waals surface area contributed by atoms with Crippen molar-refractivity contribution in [2.24, 2.45) is 10.2 Å². The first-order valence-corrected chi connectivity index (χ1v) is 9.33. The van der Waals surface area contributed by atoms with Crippen molar-refractivity contribution in [1.29, 1.82) is 5.26 Å². The van der Waals surface area contributed by atoms with Gasteiger partial charge in [-0.25, -0.2) is 10.9 Å². The molecular formula is C21H20N8O3. The summed E-state index contributed by atoms with van der Waals surface area (Å²) in [5.74, 6) is 1.52. The molecule has 11 heteroatoms. The molecular weight excluding hydrogens is 412 g/mol. The van der Waals surface area contributed by atoms with Crippen LogP contribution >= 0.6 is 0 Å². The molecule has 0 saturated heterocycles. The minimum Gasteiger partial charge on any atom is -0.496 e. The molecule has 3 aromatic rings. The van der Waals surface area contributed by atoms with Gasteiger partial charge in [0.2, 0.25) is 0 Å². The number of benzene rings is 2. The SMILES string of the molecule is COc1ccccc1C=NNc1nc(NN=Cc2ccccc2OC)nc(OCC#N)n1. The van der Waals surface area contributed by atoms with Crippen molar-refractivity contribution in [3.63, 3.8) is 0 Å². The lowest BCUT2D eigenvalue weighted by molar-refractivity contribution is 0.337. The summed E-state index contributed by atoms with van der Waals surface area (Å²) in [5, 5.41) is 17.0. The molecule has 0 spiro atoms. The van der Waals surface area contributed by atoms with Crippen molar-refractivity contribution in [3.8, 4) is 23.6 Å². The van der Waals surface area contributed by atoms with Gasteiger partial charge in [0.05, 0.1) is 26.6 Å². The normalized spacial score (nSPS) is 10.7. The third-order valence-electron chi connectivity index (χ3n) is 3.89. The Labute approximate surface area is 184 Å². The summed E-state index contributed by atoms with van der Waals surface area (Å²) < 4.78 is 15.8. The molecule has 1 heterocycles. The predicted molar refractivity (Wildman–Crippen MR) is 119 cm³/mol. The molecule has 162 valence electrons. The monoisotopic (exact) mass is 432 g/mol. The zero-order valence-electron chi connectivity index (χ0n) is 17.4. The van der Waals surface area contributed by atoms with Gasteiger partial charge in [0, 0.05) is 11.1 Å². The van der Waals surface area contributed by atoms with Crippen molar-refractivity contribution in [2.75, 3.05) is 31.7 Å². The van der Waals surface area contributed by atoms with Crippen LogP contribution in [0.2, 0.25) is 0 Å². The van der Waals surface area contributed by atoms with Gasteiger partial charge in [-0.15, -0.1) is 0 Å². The lowest BCUT2D eigenvalue weighted by atomic mass is 10.2. The highest BCUT2D eigenvalue weighted by Crippen LogP contribution is 2.16. The van der Waals surface area contributed by atoms with Gasteiger partial charge in [0.25, 0.3) is 11.9 Å². The zero-order valence-corrected chi connectivity index (χ0v) is 17.4. The number of hydrogen-bond acceptors (Lipinski definition) is 11. The Kier molecular flexibility index (Phi) is 7.87. The highest BCUT2D eigenvalue weighted by atomic mass is 16.5. The summed E-state index contributed by atoms with van der Waals surface area (Å²) in [6.07, 6.45) is 3.12. The van der Waals surface area contributed by atoms with Crippen LogP contribution in [0.5, 0.6) is 17.5 Å². The lowest BCUT2D eigenvalue weighted by Gasteiger charge is -2.06. The van der Waals surface area contributed by atoms with E-state index in [-0.39, 0.29) is 24.5 Å². The first kappa shape index (κ1) is 22.0. The Balaban J connectivity index is 1.76. The Bertz CT molecular complexity index is 1070. The number of nitriles is 1. The van der Waals surface area contributed by atoms with Gasteiger partial charge in [-0.05, 0) is 24.3 Å². The van der Waals surface area contributed by atoms with Gasteiger partial charge in [-0.3, -0.25) is 0 Å². The maximum atomic E-state index is 8.75. The van der Waals surface area contributed by atoms with Gasteiger partial charge < -0.3 is 14.2 Å². The molecule has 32 heavy (non-hydrogen) atoms. The number of para-hydroxylation sites is 2. The summed E-state index contributed by atoms with van der Waals surface area (Å²) >= 11 is 0. The number of hydrazone groups is 2. The van der Waals surface area contributed by atoms with E-state index in [9.17, 15) is 0 Å². The summed E-state index contributed by atoms with van der Waals surface area (Å²) in [7, 11) is 3.16. The summed E-state index contributed by atoms with van der Waals surface area (Å²) in [4.78, 5) is 12.3. The minimum absolute atomic E-state index is 0.0634. The van der Waals surface area contributed by atoms with E-state index in [1.165, 1.54) is 0 Å². The van der Waals surface area contributed by atoms with Crippen LogP contribution in [-0.4, -0.2) is 48.2 Å². The van der Waals surface area contributed by atoms with Gasteiger partial charge in [-0.1, -0.05) is 24.3 Å². The Hall–Kier alpha value is -4.72. The van der Waals surface area contributed by atoms with Gasteiger partial charge in [0.1, 0.15) is 17.6 Å². The number of aromatic nitrogens is 3. The van der Waals surface area contributed by atoms with E-state index >= 15 is 0 Å². The lowest BCUT2D eigenvalue weighted by Crippen LogP contribution is -2.07. The van der Waals surface area contributed by atoms with Gasteiger partial charge >= 0.3 is 6.01 Å². The second-order valence-corrected chi connectivity index (χ2v) is 5.94. The second kappa shape index (κ2) is 11.5. The van der Waals surface area contributed by atoms with E-state index in [2.05, 4.69) is 36.0 Å². The molecule has 0 radical (unpaired) electrons. The van der Waals surface area contributed by atoms with E-state index in [1.54, 1.807) is 26.6 Å². The average Bonchev–Trinajstić information content (AvgIpc) is 2.83. The quantitative estimate of drug-likeness (QED) is 0.365. The fourth-order valence-electron chi connectivity index (χ4n) is 2.48. The minimum atomic E-state index is -0.224. The van der Waals surface area contributed by atoms with Gasteiger partial charge in [0.15, 0.2) is 6.61 Å². The topological polar surface area (TPSA) is 139 Å². The number of hydrogen-bond donors (Lipinski definition) is 2. The van der Waals surface area contributed by atoms with Crippen molar-refractivity contribution in [2.45, 2.75) is 0 Å². The van der Waals surface area contributed by atoms with Crippen LogP contribution in [0.3, 0.4) is 0 Å². The van der Waals surface area contributed by atoms with Crippen molar-refractivity contribution in [3.05, 3.63) is 59.7 Å². The van der Waals surface area contributed by atoms with Crippen LogP contribution in [0.15, 0.2) is 58.7 Å². The van der Waals surface area contributed by atoms with E-state index in [0.29, 0.717) is 11.5 Å². The number of methoxy groups -OCH3 is 2. The number of ether oxygens (including phenoxy) is 3. The molecule has 0 bridgehead atoms. The van der Waals surface area contributed by atoms with Crippen molar-refractivity contribution in [1.82, 2.24) is 15.0 Å². The Morgan fingerprint density at radius 1 is 0.844 bits per heavy atom. The number of nitrogens with one attached hydrogen (secondary N) is 2. The molecule has 2 N–H and O–H groups in total. The Morgan fingerprint density at radius 3 is 1.81 bits per heavy atom. The molecule has 0 saturated carbocycles. The molecule has 0 unspecified atom stereocenters. The molecule has 0 aliphatic rings. The van der Waals surface area contributed by atoms with E-state index in [0.717, 1.165) is 11.1 Å². The average molecular weight is 432 g/mol. The first-order chi connectivity index (χ1) is 15.7. The third-order valence-corrected chi connectivity index (χ3v) is 3.89. The van der Waals surface area contributed by atoms with Gasteiger partial charge in [-0.2, -0.15) is 30.4 Å². The number of rotatable bonds is 10. The molecule has 2 aromatic carbocycles. The smallest absolute Gasteiger partial charge is 0.324 e. The van der Waals surface area contributed by atoms with Crippen molar-refractivity contribution < 1.29 is 14.2 Å². The molecule has 11 nitrogen and oxygen atoms in total. The van der Waals surface area contributed by atoms with Crippen LogP contribution in [-0.2, 0) is 0 Å². The highest BCUT2D eigenvalue weighted by Gasteiger charge is 2.07. The third kappa shape index (κ3) is 6.14. The molecule has 0 amide bonds. The highest BCUT2D eigenvalue weighted by molar-refractivity contribution is 5.84. The molecule has 1 aromatic heterocycles. The largest absolute Gasteiger partial charge is 0.496 e. The number of anilines is 2. The Morgan fingerprint density at radius 2 is 1.34 bits per heavy atom. The van der Waals surface area contributed by atoms with E-state index < -0.39 is 0 Å². The molecule has 0 aliphatic heterocycles. The van der Waals surface area contributed by atoms with Crippen LogP contribution in [0.4, 0.5) is 11.9 Å². The maximum absolute atomic E-state index is 8.75. The van der Waals surface area contributed by atoms with E-state index in [1.807, 2.05) is 54.6 Å². The predicted octanol–water partition coefficient (Wildman–Crippen LogP) is 2.68. The summed E-state index contributed by atoms with van der Waals surface area (Å²) in [6.45, 7) is -0.224. The fourth-order valence-corrected chi connectivity index (χ4v) is 2.48. The zero-order chi connectivity index (χ0) is 22.6.